The molecule has 1 aliphatic carbocycles. The zero-order valence-corrected chi connectivity index (χ0v) is 14.1. The molecule has 3 N–H and O–H groups in total. The molecule has 2 unspecified atom stereocenters. The third-order valence-electron chi connectivity index (χ3n) is 4.62. The zero-order valence-electron chi connectivity index (χ0n) is 14.1. The Balaban J connectivity index is 1.60. The van der Waals surface area contributed by atoms with Gasteiger partial charge in [0.05, 0.1) is 11.8 Å². The zero-order chi connectivity index (χ0) is 18.5. The highest BCUT2D eigenvalue weighted by Crippen LogP contribution is 2.35. The molecule has 0 radical (unpaired) electrons. The number of benzene rings is 2. The molecular formula is C20H20N2O4. The van der Waals surface area contributed by atoms with Crippen LogP contribution in [0.25, 0.3) is 0 Å². The van der Waals surface area contributed by atoms with E-state index >= 15 is 0 Å². The van der Waals surface area contributed by atoms with Crippen LogP contribution in [0.3, 0.4) is 0 Å². The van der Waals surface area contributed by atoms with E-state index in [1.807, 2.05) is 30.3 Å². The van der Waals surface area contributed by atoms with Gasteiger partial charge in [0, 0.05) is 17.8 Å². The first-order valence-corrected chi connectivity index (χ1v) is 8.50. The molecule has 1 fully saturated rings. The van der Waals surface area contributed by atoms with Gasteiger partial charge in [0.1, 0.15) is 0 Å². The Kier molecular flexibility index (Phi) is 5.31. The average Bonchev–Trinajstić information content (AvgIpc) is 2.59. The summed E-state index contributed by atoms with van der Waals surface area (Å²) < 4.78 is 0. The van der Waals surface area contributed by atoms with E-state index in [4.69, 9.17) is 5.11 Å². The van der Waals surface area contributed by atoms with Crippen molar-refractivity contribution >= 4 is 23.5 Å². The van der Waals surface area contributed by atoms with E-state index in [1.165, 1.54) is 0 Å². The van der Waals surface area contributed by atoms with E-state index in [0.717, 1.165) is 5.56 Å². The van der Waals surface area contributed by atoms with Gasteiger partial charge in [-0.2, -0.15) is 0 Å². The SMILES string of the molecule is O=C(NCc1ccccc1)c1cccc(NC(=O)C2CCC2C(=O)O)c1. The van der Waals surface area contributed by atoms with Crippen LogP contribution >= 0.6 is 0 Å². The van der Waals surface area contributed by atoms with Crippen LogP contribution in [-0.2, 0) is 16.1 Å². The number of amides is 2. The van der Waals surface area contributed by atoms with Gasteiger partial charge >= 0.3 is 5.97 Å². The highest BCUT2D eigenvalue weighted by atomic mass is 16.4. The van der Waals surface area contributed by atoms with E-state index in [-0.39, 0.29) is 11.8 Å². The summed E-state index contributed by atoms with van der Waals surface area (Å²) in [5, 5.41) is 14.6. The van der Waals surface area contributed by atoms with Crippen molar-refractivity contribution in [2.24, 2.45) is 11.8 Å². The lowest BCUT2D eigenvalue weighted by Gasteiger charge is -2.31. The number of anilines is 1. The van der Waals surface area contributed by atoms with Crippen molar-refractivity contribution in [1.29, 1.82) is 0 Å². The van der Waals surface area contributed by atoms with Crippen LogP contribution in [0, 0.1) is 11.8 Å². The minimum Gasteiger partial charge on any atom is -0.481 e. The van der Waals surface area contributed by atoms with Crippen LogP contribution in [0.2, 0.25) is 0 Å². The molecule has 134 valence electrons. The maximum Gasteiger partial charge on any atom is 0.307 e. The lowest BCUT2D eigenvalue weighted by atomic mass is 9.73. The second-order valence-electron chi connectivity index (χ2n) is 6.37. The Labute approximate surface area is 151 Å². The molecule has 2 amide bonds. The number of rotatable bonds is 6. The van der Waals surface area contributed by atoms with E-state index in [1.54, 1.807) is 24.3 Å². The summed E-state index contributed by atoms with van der Waals surface area (Å²) in [5.41, 5.74) is 1.91. The topological polar surface area (TPSA) is 95.5 Å². The minimum atomic E-state index is -0.939. The number of hydrogen-bond acceptors (Lipinski definition) is 3. The normalized spacial score (nSPS) is 18.5. The first-order valence-electron chi connectivity index (χ1n) is 8.50. The first-order chi connectivity index (χ1) is 12.5. The molecule has 26 heavy (non-hydrogen) atoms. The Morgan fingerprint density at radius 2 is 1.69 bits per heavy atom. The predicted octanol–water partition coefficient (Wildman–Crippen LogP) is 2.67. The van der Waals surface area contributed by atoms with E-state index < -0.39 is 17.8 Å². The molecule has 2 atom stereocenters. The third kappa shape index (κ3) is 4.08. The second kappa shape index (κ2) is 7.82. The summed E-state index contributed by atoms with van der Waals surface area (Å²) in [6.07, 6.45) is 1.09. The summed E-state index contributed by atoms with van der Waals surface area (Å²) in [4.78, 5) is 35.6. The lowest BCUT2D eigenvalue weighted by molar-refractivity contribution is -0.151. The van der Waals surface area contributed by atoms with E-state index in [2.05, 4.69) is 10.6 Å². The van der Waals surface area contributed by atoms with Crippen LogP contribution in [0.4, 0.5) is 5.69 Å². The van der Waals surface area contributed by atoms with Gasteiger partial charge in [-0.25, -0.2) is 0 Å². The number of carbonyl (C=O) groups is 3. The predicted molar refractivity (Wildman–Crippen MR) is 96.5 cm³/mol. The van der Waals surface area contributed by atoms with Crippen molar-refractivity contribution in [2.75, 3.05) is 5.32 Å². The summed E-state index contributed by atoms with van der Waals surface area (Å²) >= 11 is 0. The molecule has 1 aliphatic rings. The number of aliphatic carboxylic acids is 1. The smallest absolute Gasteiger partial charge is 0.307 e. The van der Waals surface area contributed by atoms with E-state index in [0.29, 0.717) is 30.6 Å². The monoisotopic (exact) mass is 352 g/mol. The summed E-state index contributed by atoms with van der Waals surface area (Å²) in [6, 6.07) is 16.2. The Morgan fingerprint density at radius 1 is 0.962 bits per heavy atom. The molecule has 0 aliphatic heterocycles. The average molecular weight is 352 g/mol. The summed E-state index contributed by atoms with van der Waals surface area (Å²) in [7, 11) is 0. The highest BCUT2D eigenvalue weighted by molar-refractivity contribution is 5.99. The van der Waals surface area contributed by atoms with Crippen molar-refractivity contribution in [3.63, 3.8) is 0 Å². The fourth-order valence-corrected chi connectivity index (χ4v) is 2.96. The molecule has 2 aromatic carbocycles. The van der Waals surface area contributed by atoms with Crippen LogP contribution in [0.5, 0.6) is 0 Å². The summed E-state index contributed by atoms with van der Waals surface area (Å²) in [5.74, 6) is -2.62. The van der Waals surface area contributed by atoms with Crippen molar-refractivity contribution in [3.05, 3.63) is 65.7 Å². The Bertz CT molecular complexity index is 820. The molecule has 2 aromatic rings. The molecule has 0 aromatic heterocycles. The molecule has 1 saturated carbocycles. The third-order valence-corrected chi connectivity index (χ3v) is 4.62. The maximum atomic E-state index is 12.3. The molecule has 0 spiro atoms. The Morgan fingerprint density at radius 3 is 2.35 bits per heavy atom. The second-order valence-corrected chi connectivity index (χ2v) is 6.37. The van der Waals surface area contributed by atoms with Crippen molar-refractivity contribution in [1.82, 2.24) is 5.32 Å². The number of carboxylic acids is 1. The van der Waals surface area contributed by atoms with Gasteiger partial charge in [-0.1, -0.05) is 36.4 Å². The maximum absolute atomic E-state index is 12.3. The molecular weight excluding hydrogens is 332 g/mol. The molecule has 6 heteroatoms. The largest absolute Gasteiger partial charge is 0.481 e. The van der Waals surface area contributed by atoms with Crippen LogP contribution in [-0.4, -0.2) is 22.9 Å². The molecule has 0 saturated heterocycles. The van der Waals surface area contributed by atoms with Gasteiger partial charge in [-0.15, -0.1) is 0 Å². The standard InChI is InChI=1S/C20H20N2O4/c23-18(21-12-13-5-2-1-3-6-13)14-7-4-8-15(11-14)22-19(24)16-9-10-17(16)20(25)26/h1-8,11,16-17H,9-10,12H2,(H,21,23)(H,22,24)(H,25,26). The van der Waals surface area contributed by atoms with Gasteiger partial charge in [0.15, 0.2) is 0 Å². The number of carbonyl (C=O) groups excluding carboxylic acids is 2. The molecule has 3 rings (SSSR count). The lowest BCUT2D eigenvalue weighted by Crippen LogP contribution is -2.41. The van der Waals surface area contributed by atoms with E-state index in [9.17, 15) is 14.4 Å². The van der Waals surface area contributed by atoms with Crippen molar-refractivity contribution in [2.45, 2.75) is 19.4 Å². The minimum absolute atomic E-state index is 0.239. The molecule has 6 nitrogen and oxygen atoms in total. The first kappa shape index (κ1) is 17.7. The van der Waals surface area contributed by atoms with Crippen LogP contribution < -0.4 is 10.6 Å². The number of nitrogens with one attached hydrogen (secondary N) is 2. The van der Waals surface area contributed by atoms with Crippen LogP contribution in [0.15, 0.2) is 54.6 Å². The van der Waals surface area contributed by atoms with Gasteiger partial charge < -0.3 is 15.7 Å². The van der Waals surface area contributed by atoms with Crippen molar-refractivity contribution < 1.29 is 19.5 Å². The fourth-order valence-electron chi connectivity index (χ4n) is 2.96. The number of carboxylic acid groups (broad SMARTS) is 1. The fraction of sp³-hybridized carbons (Fsp3) is 0.250. The molecule has 0 heterocycles. The highest BCUT2D eigenvalue weighted by Gasteiger charge is 2.41. The van der Waals surface area contributed by atoms with Crippen LogP contribution in [0.1, 0.15) is 28.8 Å². The van der Waals surface area contributed by atoms with Gasteiger partial charge in [0.2, 0.25) is 5.91 Å². The van der Waals surface area contributed by atoms with Gasteiger partial charge in [0.25, 0.3) is 5.91 Å². The Hall–Kier alpha value is -3.15. The quantitative estimate of drug-likeness (QED) is 0.745. The summed E-state index contributed by atoms with van der Waals surface area (Å²) in [6.45, 7) is 0.415. The number of hydrogen-bond donors (Lipinski definition) is 3. The molecule has 0 bridgehead atoms. The van der Waals surface area contributed by atoms with Gasteiger partial charge in [-0.3, -0.25) is 14.4 Å². The van der Waals surface area contributed by atoms with Gasteiger partial charge in [-0.05, 0) is 36.6 Å². The van der Waals surface area contributed by atoms with Crippen molar-refractivity contribution in [3.8, 4) is 0 Å².